The van der Waals surface area contributed by atoms with Crippen LogP contribution in [0.5, 0.6) is 5.75 Å². The Balaban J connectivity index is 1.68. The second-order valence-corrected chi connectivity index (χ2v) is 8.76. The molecular formula is C27H34ClN3O4. The number of hydrogen-bond acceptors (Lipinski definition) is 7. The van der Waals surface area contributed by atoms with Crippen LogP contribution in [0.2, 0.25) is 5.15 Å². The van der Waals surface area contributed by atoms with E-state index in [1.165, 1.54) is 0 Å². The molecule has 0 aliphatic heterocycles. The van der Waals surface area contributed by atoms with Crippen molar-refractivity contribution >= 4 is 11.6 Å². The van der Waals surface area contributed by atoms with Crippen molar-refractivity contribution in [3.8, 4) is 5.75 Å². The summed E-state index contributed by atoms with van der Waals surface area (Å²) >= 11 is 6.02. The van der Waals surface area contributed by atoms with Gasteiger partial charge in [-0.3, -0.25) is 9.88 Å². The topological polar surface area (TPSA) is 87.9 Å². The van der Waals surface area contributed by atoms with Gasteiger partial charge in [0, 0.05) is 31.9 Å². The Bertz CT molecular complexity index is 1010. The molecule has 0 radical (unpaired) electrons. The molecule has 8 heteroatoms. The van der Waals surface area contributed by atoms with Gasteiger partial charge < -0.3 is 19.7 Å². The summed E-state index contributed by atoms with van der Waals surface area (Å²) in [7, 11) is 0. The standard InChI is InChI=1S/C27H34ClN3O4/c1-3-34-15-16-35-22-12-10-21(11-13-22)17-20(2)31(18-25(32)23-7-4-5-14-29-23)19-26(33)24-8-6-9-27(28)30-24/h4-14,20,25-26,32-33H,3,15-19H2,1-2H3/t20-,25?,26?/m1/s1. The summed E-state index contributed by atoms with van der Waals surface area (Å²) in [5, 5.41) is 22.1. The normalized spacial score (nSPS) is 14.0. The van der Waals surface area contributed by atoms with Gasteiger partial charge >= 0.3 is 0 Å². The van der Waals surface area contributed by atoms with E-state index in [2.05, 4.69) is 21.8 Å². The molecule has 0 saturated carbocycles. The number of aliphatic hydroxyl groups is 2. The van der Waals surface area contributed by atoms with Crippen LogP contribution in [0.1, 0.15) is 43.0 Å². The Morgan fingerprint density at radius 1 is 0.914 bits per heavy atom. The molecule has 7 nitrogen and oxygen atoms in total. The molecule has 188 valence electrons. The predicted molar refractivity (Wildman–Crippen MR) is 137 cm³/mol. The van der Waals surface area contributed by atoms with Crippen LogP contribution in [0.4, 0.5) is 0 Å². The highest BCUT2D eigenvalue weighted by Crippen LogP contribution is 2.21. The number of aliphatic hydroxyl groups excluding tert-OH is 2. The van der Waals surface area contributed by atoms with E-state index in [0.29, 0.717) is 42.9 Å². The van der Waals surface area contributed by atoms with Gasteiger partial charge in [-0.05, 0) is 62.2 Å². The lowest BCUT2D eigenvalue weighted by molar-refractivity contribution is 0.0452. The fourth-order valence-corrected chi connectivity index (χ4v) is 3.97. The Kier molecular flexibility index (Phi) is 10.9. The van der Waals surface area contributed by atoms with E-state index < -0.39 is 12.2 Å². The second kappa shape index (κ2) is 14.1. The lowest BCUT2D eigenvalue weighted by Gasteiger charge is -2.32. The third kappa shape index (κ3) is 8.87. The van der Waals surface area contributed by atoms with Crippen molar-refractivity contribution in [2.45, 2.75) is 38.5 Å². The molecule has 0 bridgehead atoms. The Morgan fingerprint density at radius 3 is 2.29 bits per heavy atom. The summed E-state index contributed by atoms with van der Waals surface area (Å²) in [6.07, 6.45) is 0.742. The maximum atomic E-state index is 10.9. The fourth-order valence-electron chi connectivity index (χ4n) is 3.80. The number of benzene rings is 1. The van der Waals surface area contributed by atoms with Crippen LogP contribution in [-0.4, -0.2) is 64.0 Å². The maximum Gasteiger partial charge on any atom is 0.129 e. The van der Waals surface area contributed by atoms with E-state index in [0.717, 1.165) is 17.7 Å². The van der Waals surface area contributed by atoms with Crippen LogP contribution in [0.15, 0.2) is 66.9 Å². The number of ether oxygens (including phenoxy) is 2. The summed E-state index contributed by atoms with van der Waals surface area (Å²) in [6, 6.07) is 18.6. The van der Waals surface area contributed by atoms with Gasteiger partial charge in [0.15, 0.2) is 0 Å². The molecule has 0 aliphatic carbocycles. The molecule has 0 amide bonds. The molecule has 0 spiro atoms. The lowest BCUT2D eigenvalue weighted by Crippen LogP contribution is -2.40. The molecule has 0 aliphatic rings. The minimum Gasteiger partial charge on any atom is -0.491 e. The van der Waals surface area contributed by atoms with Crippen LogP contribution in [0.25, 0.3) is 0 Å². The first-order chi connectivity index (χ1) is 17.0. The van der Waals surface area contributed by atoms with Crippen LogP contribution < -0.4 is 4.74 Å². The van der Waals surface area contributed by atoms with Crippen LogP contribution in [0, 0.1) is 0 Å². The SMILES string of the molecule is CCOCCOc1ccc(C[C@@H](C)N(CC(O)c2ccccn2)CC(O)c2cccc(Cl)n2)cc1. The van der Waals surface area contributed by atoms with Crippen molar-refractivity contribution in [2.75, 3.05) is 32.9 Å². The Labute approximate surface area is 212 Å². The summed E-state index contributed by atoms with van der Waals surface area (Å²) in [5.74, 6) is 0.797. The quantitative estimate of drug-likeness (QED) is 0.253. The zero-order valence-electron chi connectivity index (χ0n) is 20.3. The van der Waals surface area contributed by atoms with Crippen molar-refractivity contribution < 1.29 is 19.7 Å². The molecule has 3 aromatic rings. The maximum absolute atomic E-state index is 10.9. The van der Waals surface area contributed by atoms with Crippen LogP contribution in [-0.2, 0) is 11.2 Å². The third-order valence-corrected chi connectivity index (χ3v) is 5.91. The van der Waals surface area contributed by atoms with Crippen molar-refractivity contribution in [3.05, 3.63) is 89.0 Å². The number of halogens is 1. The zero-order chi connectivity index (χ0) is 25.0. The first-order valence-corrected chi connectivity index (χ1v) is 12.3. The van der Waals surface area contributed by atoms with Gasteiger partial charge in [0.2, 0.25) is 0 Å². The first kappa shape index (κ1) is 27.0. The van der Waals surface area contributed by atoms with Crippen molar-refractivity contribution in [3.63, 3.8) is 0 Å². The molecule has 2 heterocycles. The van der Waals surface area contributed by atoms with Crippen LogP contribution in [0.3, 0.4) is 0 Å². The molecule has 2 N–H and O–H groups in total. The number of hydrogen-bond donors (Lipinski definition) is 2. The van der Waals surface area contributed by atoms with Crippen LogP contribution >= 0.6 is 11.6 Å². The van der Waals surface area contributed by atoms with Gasteiger partial charge in [0.1, 0.15) is 29.7 Å². The van der Waals surface area contributed by atoms with Gasteiger partial charge in [0.25, 0.3) is 0 Å². The number of pyridine rings is 2. The molecule has 0 fully saturated rings. The molecule has 2 unspecified atom stereocenters. The Morgan fingerprint density at radius 2 is 1.63 bits per heavy atom. The van der Waals surface area contributed by atoms with E-state index in [9.17, 15) is 10.2 Å². The molecule has 3 atom stereocenters. The average Bonchev–Trinajstić information content (AvgIpc) is 2.87. The summed E-state index contributed by atoms with van der Waals surface area (Å²) < 4.78 is 11.0. The molecule has 0 saturated heterocycles. The zero-order valence-corrected chi connectivity index (χ0v) is 21.0. The molecule has 3 rings (SSSR count). The summed E-state index contributed by atoms with van der Waals surface area (Å²) in [6.45, 7) is 6.39. The fraction of sp³-hybridized carbons (Fsp3) is 0.407. The monoisotopic (exact) mass is 499 g/mol. The third-order valence-electron chi connectivity index (χ3n) is 5.70. The highest BCUT2D eigenvalue weighted by Gasteiger charge is 2.24. The number of aromatic nitrogens is 2. The smallest absolute Gasteiger partial charge is 0.129 e. The van der Waals surface area contributed by atoms with Crippen molar-refractivity contribution in [2.24, 2.45) is 0 Å². The molecule has 35 heavy (non-hydrogen) atoms. The van der Waals surface area contributed by atoms with Gasteiger partial charge in [0.05, 0.1) is 18.0 Å². The van der Waals surface area contributed by atoms with E-state index in [1.807, 2.05) is 43.3 Å². The number of rotatable bonds is 14. The predicted octanol–water partition coefficient (Wildman–Crippen LogP) is 4.25. The van der Waals surface area contributed by atoms with Gasteiger partial charge in [-0.25, -0.2) is 4.98 Å². The Hall–Kier alpha value is -2.55. The molecule has 1 aromatic carbocycles. The largest absolute Gasteiger partial charge is 0.491 e. The van der Waals surface area contributed by atoms with Crippen molar-refractivity contribution in [1.29, 1.82) is 0 Å². The van der Waals surface area contributed by atoms with E-state index in [1.54, 1.807) is 30.5 Å². The highest BCUT2D eigenvalue weighted by atomic mass is 35.5. The molecule has 2 aromatic heterocycles. The minimum absolute atomic E-state index is 0.0203. The lowest BCUT2D eigenvalue weighted by atomic mass is 10.0. The molecular weight excluding hydrogens is 466 g/mol. The average molecular weight is 500 g/mol. The highest BCUT2D eigenvalue weighted by molar-refractivity contribution is 6.29. The van der Waals surface area contributed by atoms with Gasteiger partial charge in [-0.2, -0.15) is 0 Å². The summed E-state index contributed by atoms with van der Waals surface area (Å²) in [4.78, 5) is 10.6. The van der Waals surface area contributed by atoms with Gasteiger partial charge in [-0.1, -0.05) is 35.9 Å². The minimum atomic E-state index is -0.854. The first-order valence-electron chi connectivity index (χ1n) is 11.9. The van der Waals surface area contributed by atoms with E-state index in [-0.39, 0.29) is 12.6 Å². The second-order valence-electron chi connectivity index (χ2n) is 8.37. The van der Waals surface area contributed by atoms with Crippen molar-refractivity contribution in [1.82, 2.24) is 14.9 Å². The summed E-state index contributed by atoms with van der Waals surface area (Å²) in [5.41, 5.74) is 2.21. The van der Waals surface area contributed by atoms with E-state index in [4.69, 9.17) is 21.1 Å². The van der Waals surface area contributed by atoms with Gasteiger partial charge in [-0.15, -0.1) is 0 Å². The number of nitrogens with zero attached hydrogens (tertiary/aromatic N) is 3. The van der Waals surface area contributed by atoms with E-state index >= 15 is 0 Å².